The molecule has 1 saturated heterocycles. The zero-order valence-corrected chi connectivity index (χ0v) is 19.5. The Morgan fingerprint density at radius 2 is 1.79 bits per heavy atom. The number of hydrogen-bond acceptors (Lipinski definition) is 3. The standard InChI is InChI=1S/C24H31NO3Si/c1-15-8-9-18(13-21(15)26)23-20(10-11-29(5,6)7)24(27)25(23)19-12-16(2)17(3)22(14-19)28-4/h8-10,12-14,23,26H,11H2,1-7H3/b20-10-/t23-/m0/s1. The first-order valence-electron chi connectivity index (χ1n) is 10.0. The number of aryl methyl sites for hydroxylation is 2. The monoisotopic (exact) mass is 409 g/mol. The first kappa shape index (κ1) is 21.2. The summed E-state index contributed by atoms with van der Waals surface area (Å²) in [4.78, 5) is 15.0. The molecule has 1 aliphatic rings. The molecule has 1 aliphatic heterocycles. The van der Waals surface area contributed by atoms with E-state index in [-0.39, 0.29) is 17.7 Å². The van der Waals surface area contributed by atoms with Gasteiger partial charge in [0, 0.05) is 25.4 Å². The maximum Gasteiger partial charge on any atom is 0.257 e. The normalized spacial score (nSPS) is 18.2. The second kappa shape index (κ2) is 7.71. The maximum absolute atomic E-state index is 13.2. The molecular weight excluding hydrogens is 378 g/mol. The number of phenolic OH excluding ortho intramolecular Hbond substituents is 1. The molecule has 0 saturated carbocycles. The fraction of sp³-hybridized carbons (Fsp3) is 0.375. The highest BCUT2D eigenvalue weighted by molar-refractivity contribution is 6.76. The minimum atomic E-state index is -1.33. The fourth-order valence-corrected chi connectivity index (χ4v) is 4.44. The van der Waals surface area contributed by atoms with E-state index in [0.717, 1.165) is 45.3 Å². The maximum atomic E-state index is 13.2. The number of β-lactam (4-membered cyclic amide) rings is 1. The van der Waals surface area contributed by atoms with Gasteiger partial charge in [-0.05, 0) is 61.2 Å². The Bertz CT molecular complexity index is 988. The summed E-state index contributed by atoms with van der Waals surface area (Å²) in [5, 5.41) is 10.3. The van der Waals surface area contributed by atoms with Gasteiger partial charge in [-0.2, -0.15) is 0 Å². The summed E-state index contributed by atoms with van der Waals surface area (Å²) in [6, 6.07) is 10.4. The van der Waals surface area contributed by atoms with Crippen molar-refractivity contribution in [2.75, 3.05) is 12.0 Å². The minimum Gasteiger partial charge on any atom is -0.508 e. The molecule has 2 aromatic rings. The lowest BCUT2D eigenvalue weighted by atomic mass is 9.86. The van der Waals surface area contributed by atoms with Gasteiger partial charge in [0.25, 0.3) is 5.91 Å². The number of hydrogen-bond donors (Lipinski definition) is 1. The summed E-state index contributed by atoms with van der Waals surface area (Å²) in [6.07, 6.45) is 2.12. The van der Waals surface area contributed by atoms with Crippen LogP contribution in [0.25, 0.3) is 0 Å². The van der Waals surface area contributed by atoms with E-state index in [1.807, 2.05) is 49.9 Å². The smallest absolute Gasteiger partial charge is 0.257 e. The third-order valence-corrected chi connectivity index (χ3v) is 7.03. The highest BCUT2D eigenvalue weighted by Gasteiger charge is 2.44. The molecule has 0 bridgehead atoms. The zero-order chi connectivity index (χ0) is 21.5. The predicted molar refractivity (Wildman–Crippen MR) is 122 cm³/mol. The number of methoxy groups -OCH3 is 1. The Labute approximate surface area is 174 Å². The Balaban J connectivity index is 2.09. The lowest BCUT2D eigenvalue weighted by Gasteiger charge is -2.44. The fourth-order valence-electron chi connectivity index (χ4n) is 3.61. The van der Waals surface area contributed by atoms with Gasteiger partial charge in [-0.15, -0.1) is 0 Å². The molecule has 3 rings (SSSR count). The van der Waals surface area contributed by atoms with Crippen LogP contribution in [0.3, 0.4) is 0 Å². The van der Waals surface area contributed by atoms with Crippen molar-refractivity contribution in [2.24, 2.45) is 0 Å². The van der Waals surface area contributed by atoms with Crippen LogP contribution in [0.2, 0.25) is 25.7 Å². The van der Waals surface area contributed by atoms with Crippen molar-refractivity contribution in [3.8, 4) is 11.5 Å². The van der Waals surface area contributed by atoms with Gasteiger partial charge in [0.1, 0.15) is 11.5 Å². The zero-order valence-electron chi connectivity index (χ0n) is 18.5. The number of aromatic hydroxyl groups is 1. The van der Waals surface area contributed by atoms with E-state index >= 15 is 0 Å². The van der Waals surface area contributed by atoms with Gasteiger partial charge in [0.15, 0.2) is 0 Å². The van der Waals surface area contributed by atoms with Gasteiger partial charge in [-0.1, -0.05) is 37.8 Å². The molecule has 2 aromatic carbocycles. The van der Waals surface area contributed by atoms with Crippen molar-refractivity contribution in [2.45, 2.75) is 52.5 Å². The quantitative estimate of drug-likeness (QED) is 0.393. The molecule has 0 aromatic heterocycles. The molecule has 1 amide bonds. The number of ether oxygens (including phenoxy) is 1. The molecule has 0 radical (unpaired) electrons. The summed E-state index contributed by atoms with van der Waals surface area (Å²) in [5.41, 5.74) is 5.54. The van der Waals surface area contributed by atoms with Crippen LogP contribution in [-0.4, -0.2) is 26.2 Å². The van der Waals surface area contributed by atoms with E-state index in [2.05, 4.69) is 25.7 Å². The highest BCUT2D eigenvalue weighted by Crippen LogP contribution is 2.46. The van der Waals surface area contributed by atoms with Crippen molar-refractivity contribution in [3.63, 3.8) is 0 Å². The SMILES string of the molecule is COc1cc(N2C(=O)/C(=C\C[Si](C)(C)C)[C@@H]2c2ccc(C)c(O)c2)cc(C)c1C. The average molecular weight is 410 g/mol. The lowest BCUT2D eigenvalue weighted by molar-refractivity contribution is -0.119. The van der Waals surface area contributed by atoms with E-state index in [0.29, 0.717) is 0 Å². The summed E-state index contributed by atoms with van der Waals surface area (Å²) in [5.74, 6) is 1.06. The van der Waals surface area contributed by atoms with Crippen molar-refractivity contribution in [3.05, 3.63) is 64.2 Å². The summed E-state index contributed by atoms with van der Waals surface area (Å²) >= 11 is 0. The van der Waals surface area contributed by atoms with Gasteiger partial charge < -0.3 is 9.84 Å². The van der Waals surface area contributed by atoms with E-state index < -0.39 is 8.07 Å². The van der Waals surface area contributed by atoms with Crippen molar-refractivity contribution < 1.29 is 14.6 Å². The van der Waals surface area contributed by atoms with Gasteiger partial charge in [-0.25, -0.2) is 0 Å². The van der Waals surface area contributed by atoms with Crippen molar-refractivity contribution in [1.82, 2.24) is 0 Å². The van der Waals surface area contributed by atoms with Crippen LogP contribution < -0.4 is 9.64 Å². The van der Waals surface area contributed by atoms with Crippen LogP contribution in [0.1, 0.15) is 28.3 Å². The van der Waals surface area contributed by atoms with Crippen LogP contribution in [0, 0.1) is 20.8 Å². The second-order valence-electron chi connectivity index (χ2n) is 9.14. The van der Waals surface area contributed by atoms with E-state index in [1.54, 1.807) is 13.2 Å². The first-order chi connectivity index (χ1) is 13.5. The van der Waals surface area contributed by atoms with Crippen LogP contribution in [-0.2, 0) is 4.79 Å². The van der Waals surface area contributed by atoms with Gasteiger partial charge in [0.05, 0.1) is 13.2 Å². The molecular formula is C24H31NO3Si. The molecule has 1 atom stereocenters. The largest absolute Gasteiger partial charge is 0.508 e. The highest BCUT2D eigenvalue weighted by atomic mass is 28.3. The van der Waals surface area contributed by atoms with Gasteiger partial charge >= 0.3 is 0 Å². The summed E-state index contributed by atoms with van der Waals surface area (Å²) in [7, 11) is 0.320. The number of allylic oxidation sites excluding steroid dienone is 1. The molecule has 5 heteroatoms. The van der Waals surface area contributed by atoms with Crippen molar-refractivity contribution >= 4 is 19.7 Å². The second-order valence-corrected chi connectivity index (χ2v) is 14.7. The molecule has 29 heavy (non-hydrogen) atoms. The molecule has 1 heterocycles. The predicted octanol–water partition coefficient (Wildman–Crippen LogP) is 5.68. The van der Waals surface area contributed by atoms with E-state index in [9.17, 15) is 9.90 Å². The molecule has 4 nitrogen and oxygen atoms in total. The lowest BCUT2D eigenvalue weighted by Crippen LogP contribution is -2.49. The summed E-state index contributed by atoms with van der Waals surface area (Å²) in [6.45, 7) is 12.8. The Morgan fingerprint density at radius 1 is 1.10 bits per heavy atom. The number of benzene rings is 2. The molecule has 0 spiro atoms. The molecule has 0 unspecified atom stereocenters. The van der Waals surface area contributed by atoms with Gasteiger partial charge in [-0.3, -0.25) is 9.69 Å². The minimum absolute atomic E-state index is 0.0265. The topological polar surface area (TPSA) is 49.8 Å². The molecule has 154 valence electrons. The van der Waals surface area contributed by atoms with E-state index in [4.69, 9.17) is 4.74 Å². The Kier molecular flexibility index (Phi) is 5.63. The molecule has 1 N–H and O–H groups in total. The molecule has 0 aliphatic carbocycles. The number of phenols is 1. The van der Waals surface area contributed by atoms with Crippen LogP contribution >= 0.6 is 0 Å². The molecule has 1 fully saturated rings. The van der Waals surface area contributed by atoms with E-state index in [1.165, 1.54) is 0 Å². The third-order valence-electron chi connectivity index (χ3n) is 5.60. The van der Waals surface area contributed by atoms with Crippen molar-refractivity contribution in [1.29, 1.82) is 0 Å². The number of carbonyl (C=O) groups excluding carboxylic acids is 1. The van der Waals surface area contributed by atoms with Gasteiger partial charge in [0.2, 0.25) is 0 Å². The first-order valence-corrected chi connectivity index (χ1v) is 13.7. The number of carbonyl (C=O) groups is 1. The number of rotatable bonds is 5. The van der Waals surface area contributed by atoms with Crippen LogP contribution in [0.15, 0.2) is 42.0 Å². The number of anilines is 1. The Hall–Kier alpha value is -2.53. The Morgan fingerprint density at radius 3 is 2.38 bits per heavy atom. The number of nitrogens with zero attached hydrogens (tertiary/aromatic N) is 1. The third kappa shape index (κ3) is 4.10. The van der Waals surface area contributed by atoms with Crippen LogP contribution in [0.5, 0.6) is 11.5 Å². The van der Waals surface area contributed by atoms with Crippen LogP contribution in [0.4, 0.5) is 5.69 Å². The average Bonchev–Trinajstić information content (AvgIpc) is 2.63. The number of amides is 1. The summed E-state index contributed by atoms with van der Waals surface area (Å²) < 4.78 is 5.53.